The van der Waals surface area contributed by atoms with Crippen LogP contribution in [-0.4, -0.2) is 25.8 Å². The third-order valence-corrected chi connectivity index (χ3v) is 5.34. The molecule has 18 heavy (non-hydrogen) atoms. The van der Waals surface area contributed by atoms with Crippen LogP contribution < -0.4 is 10.5 Å². The first-order valence-corrected chi connectivity index (χ1v) is 10.4. The van der Waals surface area contributed by atoms with Crippen LogP contribution in [0.3, 0.4) is 0 Å². The molecule has 0 aliphatic carbocycles. The number of hydrogen-bond donors (Lipinski definition) is 2. The van der Waals surface area contributed by atoms with Crippen LogP contribution in [0, 0.1) is 0 Å². The standard InChI is InChI=1S/C15H27NOSi/c1-13(6-5-11-17)16-12-14-7-9-15(10-8-14)18(2,3)4/h7-10,13,16-17H,5-6,11-12H2,1-4H3. The minimum Gasteiger partial charge on any atom is -0.396 e. The number of benzene rings is 1. The van der Waals surface area contributed by atoms with E-state index >= 15 is 0 Å². The molecule has 2 N–H and O–H groups in total. The molecule has 0 fully saturated rings. The lowest BCUT2D eigenvalue weighted by Gasteiger charge is -2.17. The molecule has 2 nitrogen and oxygen atoms in total. The van der Waals surface area contributed by atoms with E-state index in [1.807, 2.05) is 0 Å². The van der Waals surface area contributed by atoms with Crippen molar-refractivity contribution in [2.24, 2.45) is 0 Å². The molecular weight excluding hydrogens is 238 g/mol. The predicted molar refractivity (Wildman–Crippen MR) is 82.0 cm³/mol. The van der Waals surface area contributed by atoms with Crippen molar-refractivity contribution in [2.75, 3.05) is 6.61 Å². The molecule has 1 unspecified atom stereocenters. The molecule has 3 heteroatoms. The van der Waals surface area contributed by atoms with Crippen molar-refractivity contribution in [3.8, 4) is 0 Å². The second-order valence-electron chi connectivity index (χ2n) is 6.09. The average Bonchev–Trinajstić information content (AvgIpc) is 2.33. The Morgan fingerprint density at radius 1 is 1.17 bits per heavy atom. The zero-order valence-corrected chi connectivity index (χ0v) is 13.2. The van der Waals surface area contributed by atoms with E-state index in [-0.39, 0.29) is 6.61 Å². The number of hydrogen-bond acceptors (Lipinski definition) is 2. The summed E-state index contributed by atoms with van der Waals surface area (Å²) in [4.78, 5) is 0. The van der Waals surface area contributed by atoms with Crippen LogP contribution in [0.25, 0.3) is 0 Å². The molecule has 0 saturated carbocycles. The van der Waals surface area contributed by atoms with Gasteiger partial charge < -0.3 is 10.4 Å². The first-order chi connectivity index (χ1) is 8.43. The Bertz CT molecular complexity index is 343. The highest BCUT2D eigenvalue weighted by atomic mass is 28.3. The molecule has 1 aromatic carbocycles. The van der Waals surface area contributed by atoms with Crippen LogP contribution in [0.4, 0.5) is 0 Å². The second-order valence-corrected chi connectivity index (χ2v) is 11.2. The fourth-order valence-corrected chi connectivity index (χ4v) is 3.08. The van der Waals surface area contributed by atoms with E-state index in [1.165, 1.54) is 10.8 Å². The smallest absolute Gasteiger partial charge is 0.0775 e. The summed E-state index contributed by atoms with van der Waals surface area (Å²) in [6.45, 7) is 10.5. The molecule has 0 aliphatic rings. The molecule has 1 atom stereocenters. The molecule has 0 bridgehead atoms. The minimum atomic E-state index is -1.17. The summed E-state index contributed by atoms with van der Waals surface area (Å²) >= 11 is 0. The Hall–Kier alpha value is -0.643. The van der Waals surface area contributed by atoms with Gasteiger partial charge >= 0.3 is 0 Å². The van der Waals surface area contributed by atoms with Gasteiger partial charge in [-0.15, -0.1) is 0 Å². The second kappa shape index (κ2) is 7.07. The average molecular weight is 265 g/mol. The lowest BCUT2D eigenvalue weighted by molar-refractivity contribution is 0.276. The Morgan fingerprint density at radius 3 is 2.28 bits per heavy atom. The van der Waals surface area contributed by atoms with Crippen molar-refractivity contribution in [1.82, 2.24) is 5.32 Å². The quantitative estimate of drug-likeness (QED) is 0.742. The largest absolute Gasteiger partial charge is 0.396 e. The Morgan fingerprint density at radius 2 is 1.78 bits per heavy atom. The van der Waals surface area contributed by atoms with E-state index < -0.39 is 8.07 Å². The Balaban J connectivity index is 2.44. The topological polar surface area (TPSA) is 32.3 Å². The van der Waals surface area contributed by atoms with Crippen molar-refractivity contribution in [1.29, 1.82) is 0 Å². The fraction of sp³-hybridized carbons (Fsp3) is 0.600. The van der Waals surface area contributed by atoms with Crippen LogP contribution in [-0.2, 0) is 6.54 Å². The normalized spacial score (nSPS) is 13.6. The molecular formula is C15H27NOSi. The van der Waals surface area contributed by atoms with Gasteiger partial charge in [0.15, 0.2) is 0 Å². The first kappa shape index (κ1) is 15.4. The third-order valence-electron chi connectivity index (χ3n) is 3.27. The molecule has 0 aromatic heterocycles. The first-order valence-electron chi connectivity index (χ1n) is 6.87. The van der Waals surface area contributed by atoms with Gasteiger partial charge in [0.2, 0.25) is 0 Å². The van der Waals surface area contributed by atoms with Gasteiger partial charge in [-0.3, -0.25) is 0 Å². The monoisotopic (exact) mass is 265 g/mol. The maximum absolute atomic E-state index is 8.78. The van der Waals surface area contributed by atoms with E-state index in [0.717, 1.165) is 19.4 Å². The molecule has 0 saturated heterocycles. The van der Waals surface area contributed by atoms with Crippen molar-refractivity contribution in [2.45, 2.75) is 52.0 Å². The summed E-state index contributed by atoms with van der Waals surface area (Å²) in [5.41, 5.74) is 1.34. The predicted octanol–water partition coefficient (Wildman–Crippen LogP) is 2.48. The third kappa shape index (κ3) is 5.34. The van der Waals surface area contributed by atoms with Crippen LogP contribution >= 0.6 is 0 Å². The minimum absolute atomic E-state index is 0.289. The maximum Gasteiger partial charge on any atom is 0.0775 e. The summed E-state index contributed by atoms with van der Waals surface area (Å²) in [5.74, 6) is 0. The van der Waals surface area contributed by atoms with E-state index in [0.29, 0.717) is 6.04 Å². The maximum atomic E-state index is 8.78. The summed E-state index contributed by atoms with van der Waals surface area (Å²) < 4.78 is 0. The highest BCUT2D eigenvalue weighted by molar-refractivity contribution is 6.88. The SMILES string of the molecule is CC(CCCO)NCc1ccc([Si](C)(C)C)cc1. The van der Waals surface area contributed by atoms with Crippen molar-refractivity contribution in [3.63, 3.8) is 0 Å². The van der Waals surface area contributed by atoms with E-state index in [9.17, 15) is 0 Å². The van der Waals surface area contributed by atoms with E-state index in [2.05, 4.69) is 56.1 Å². The number of aliphatic hydroxyl groups is 1. The van der Waals surface area contributed by atoms with Crippen LogP contribution in [0.15, 0.2) is 24.3 Å². The molecule has 0 spiro atoms. The van der Waals surface area contributed by atoms with Gasteiger partial charge in [0, 0.05) is 19.2 Å². The van der Waals surface area contributed by atoms with Crippen LogP contribution in [0.5, 0.6) is 0 Å². The molecule has 0 amide bonds. The lowest BCUT2D eigenvalue weighted by Crippen LogP contribution is -2.37. The zero-order chi connectivity index (χ0) is 13.6. The van der Waals surface area contributed by atoms with Crippen LogP contribution in [0.2, 0.25) is 19.6 Å². The summed E-state index contributed by atoms with van der Waals surface area (Å²) in [5, 5.41) is 13.8. The van der Waals surface area contributed by atoms with Crippen molar-refractivity contribution >= 4 is 13.3 Å². The van der Waals surface area contributed by atoms with Gasteiger partial charge in [-0.1, -0.05) is 49.1 Å². The highest BCUT2D eigenvalue weighted by Gasteiger charge is 2.15. The number of nitrogens with one attached hydrogen (secondary N) is 1. The van der Waals surface area contributed by atoms with E-state index in [1.54, 1.807) is 0 Å². The Labute approximate surface area is 112 Å². The van der Waals surface area contributed by atoms with Gasteiger partial charge in [0.1, 0.15) is 0 Å². The highest BCUT2D eigenvalue weighted by Crippen LogP contribution is 2.05. The molecule has 102 valence electrons. The summed E-state index contributed by atoms with van der Waals surface area (Å²) in [6, 6.07) is 9.50. The summed E-state index contributed by atoms with van der Waals surface area (Å²) in [6.07, 6.45) is 1.91. The molecule has 0 heterocycles. The fourth-order valence-electron chi connectivity index (χ4n) is 1.91. The van der Waals surface area contributed by atoms with Gasteiger partial charge in [0.05, 0.1) is 8.07 Å². The molecule has 0 radical (unpaired) electrons. The number of rotatable bonds is 7. The van der Waals surface area contributed by atoms with Gasteiger partial charge in [-0.25, -0.2) is 0 Å². The molecule has 1 rings (SSSR count). The van der Waals surface area contributed by atoms with Gasteiger partial charge in [0.25, 0.3) is 0 Å². The van der Waals surface area contributed by atoms with Crippen LogP contribution in [0.1, 0.15) is 25.3 Å². The molecule has 1 aromatic rings. The summed E-state index contributed by atoms with van der Waals surface area (Å²) in [7, 11) is -1.17. The van der Waals surface area contributed by atoms with Crippen molar-refractivity contribution < 1.29 is 5.11 Å². The number of aliphatic hydroxyl groups excluding tert-OH is 1. The molecule has 0 aliphatic heterocycles. The van der Waals surface area contributed by atoms with Gasteiger partial charge in [-0.05, 0) is 25.3 Å². The van der Waals surface area contributed by atoms with E-state index in [4.69, 9.17) is 5.11 Å². The van der Waals surface area contributed by atoms with Gasteiger partial charge in [-0.2, -0.15) is 0 Å². The zero-order valence-electron chi connectivity index (χ0n) is 12.2. The van der Waals surface area contributed by atoms with Crippen molar-refractivity contribution in [3.05, 3.63) is 29.8 Å². The lowest BCUT2D eigenvalue weighted by atomic mass is 10.1. The Kier molecular flexibility index (Phi) is 6.06.